The van der Waals surface area contributed by atoms with E-state index in [2.05, 4.69) is 25.5 Å². The zero-order chi connectivity index (χ0) is 26.1. The van der Waals surface area contributed by atoms with Crippen molar-refractivity contribution >= 4 is 28.2 Å². The van der Waals surface area contributed by atoms with Gasteiger partial charge in [-0.2, -0.15) is 0 Å². The van der Waals surface area contributed by atoms with Gasteiger partial charge in [-0.05, 0) is 38.3 Å². The van der Waals surface area contributed by atoms with Crippen LogP contribution < -0.4 is 21.1 Å². The summed E-state index contributed by atoms with van der Waals surface area (Å²) in [5.41, 5.74) is 9.18. The lowest BCUT2D eigenvalue weighted by Crippen LogP contribution is -2.64. The normalized spacial score (nSPS) is 22.9. The van der Waals surface area contributed by atoms with E-state index in [1.807, 2.05) is 6.92 Å². The number of pyridine rings is 1. The minimum Gasteiger partial charge on any atom is -0.449 e. The highest BCUT2D eigenvalue weighted by molar-refractivity contribution is 6.17. The van der Waals surface area contributed by atoms with E-state index < -0.39 is 24.1 Å². The van der Waals surface area contributed by atoms with Gasteiger partial charge in [-0.25, -0.2) is 13.8 Å². The van der Waals surface area contributed by atoms with Crippen LogP contribution in [0.2, 0.25) is 0 Å². The first-order valence-electron chi connectivity index (χ1n) is 12.6. The van der Waals surface area contributed by atoms with Gasteiger partial charge in [0.2, 0.25) is 0 Å². The molecule has 4 heterocycles. The van der Waals surface area contributed by atoms with Crippen molar-refractivity contribution in [2.75, 3.05) is 30.8 Å². The molecule has 0 radical (unpaired) electrons. The fourth-order valence-corrected chi connectivity index (χ4v) is 6.07. The Hall–Kier alpha value is -3.44. The van der Waals surface area contributed by atoms with Crippen molar-refractivity contribution in [3.63, 3.8) is 0 Å². The second-order valence-electron chi connectivity index (χ2n) is 10.4. The topological polar surface area (TPSA) is 124 Å². The number of benzene rings is 1. The number of aliphatic imine (C=N–C) groups is 1. The number of aromatic nitrogens is 2. The first-order valence-corrected chi connectivity index (χ1v) is 12.6. The van der Waals surface area contributed by atoms with Gasteiger partial charge in [0, 0.05) is 37.7 Å². The van der Waals surface area contributed by atoms with Crippen molar-refractivity contribution in [1.29, 1.82) is 0 Å². The summed E-state index contributed by atoms with van der Waals surface area (Å²) in [4.78, 5) is 14.4. The number of H-pyrrole nitrogens is 1. The SMILES string of the molecule is CNc1cc(F)c(F)c2c3c([nH]c12)NC(Oc1cnc(C(C)O)c(C)c1)N=C3N1CC2(CCCC2N)C1. The van der Waals surface area contributed by atoms with Gasteiger partial charge in [0.1, 0.15) is 17.4 Å². The molecule has 37 heavy (non-hydrogen) atoms. The molecule has 1 aromatic carbocycles. The molecule has 3 unspecified atom stereocenters. The van der Waals surface area contributed by atoms with Crippen LogP contribution in [0.3, 0.4) is 0 Å². The van der Waals surface area contributed by atoms with Gasteiger partial charge in [0.25, 0.3) is 6.35 Å². The number of nitrogens with two attached hydrogens (primary N) is 1. The summed E-state index contributed by atoms with van der Waals surface area (Å²) >= 11 is 0. The van der Waals surface area contributed by atoms with Crippen LogP contribution in [0.15, 0.2) is 23.3 Å². The van der Waals surface area contributed by atoms with Crippen molar-refractivity contribution in [3.05, 3.63) is 46.8 Å². The summed E-state index contributed by atoms with van der Waals surface area (Å²) in [6.07, 6.45) is 3.13. The maximum atomic E-state index is 15.2. The standard InChI is InChI=1S/C26H31F2N7O2/c1-12-7-14(9-31-21(12)13(2)36)37-25-33-23-19(18-20(28)15(27)8-16(30-3)22(18)32-23)24(34-25)35-10-26(11-35)6-4-5-17(26)29/h7-9,13,17,25,30,32-33,36H,4-6,10-11,29H2,1-3H3. The quantitative estimate of drug-likeness (QED) is 0.363. The lowest BCUT2D eigenvalue weighted by molar-refractivity contribution is 0.0493. The Bertz CT molecular complexity index is 1410. The Morgan fingerprint density at radius 1 is 1.32 bits per heavy atom. The van der Waals surface area contributed by atoms with Gasteiger partial charge >= 0.3 is 0 Å². The van der Waals surface area contributed by atoms with Crippen LogP contribution in [0.5, 0.6) is 5.75 Å². The van der Waals surface area contributed by atoms with Gasteiger partial charge < -0.3 is 36.1 Å². The van der Waals surface area contributed by atoms with Crippen molar-refractivity contribution in [2.24, 2.45) is 16.1 Å². The van der Waals surface area contributed by atoms with Crippen molar-refractivity contribution in [2.45, 2.75) is 51.6 Å². The van der Waals surface area contributed by atoms with Crippen LogP contribution in [0.4, 0.5) is 20.3 Å². The van der Waals surface area contributed by atoms with Crippen LogP contribution in [-0.4, -0.2) is 58.3 Å². The summed E-state index contributed by atoms with van der Waals surface area (Å²) in [7, 11) is 1.66. The number of hydrogen-bond donors (Lipinski definition) is 5. The molecule has 2 fully saturated rings. The lowest BCUT2D eigenvalue weighted by Gasteiger charge is -2.52. The van der Waals surface area contributed by atoms with Crippen LogP contribution in [0.1, 0.15) is 49.1 Å². The molecule has 1 saturated carbocycles. The van der Waals surface area contributed by atoms with E-state index in [0.29, 0.717) is 53.0 Å². The van der Waals surface area contributed by atoms with Gasteiger partial charge in [0.05, 0.1) is 40.1 Å². The molecule has 3 atom stereocenters. The van der Waals surface area contributed by atoms with E-state index in [1.54, 1.807) is 20.0 Å². The van der Waals surface area contributed by atoms with Gasteiger partial charge in [0.15, 0.2) is 11.6 Å². The molecule has 3 aliphatic rings. The van der Waals surface area contributed by atoms with E-state index in [9.17, 15) is 9.50 Å². The average molecular weight is 512 g/mol. The van der Waals surface area contributed by atoms with Crippen LogP contribution in [0.25, 0.3) is 10.9 Å². The van der Waals surface area contributed by atoms with Crippen molar-refractivity contribution in [1.82, 2.24) is 14.9 Å². The third kappa shape index (κ3) is 3.71. The number of hydrogen-bond acceptors (Lipinski definition) is 8. The van der Waals surface area contributed by atoms with E-state index in [0.717, 1.165) is 30.9 Å². The molecule has 0 bridgehead atoms. The zero-order valence-electron chi connectivity index (χ0n) is 21.0. The molecular weight excluding hydrogens is 480 g/mol. The number of aromatic amines is 1. The van der Waals surface area contributed by atoms with E-state index in [-0.39, 0.29) is 16.8 Å². The fourth-order valence-electron chi connectivity index (χ4n) is 6.07. The Morgan fingerprint density at radius 3 is 2.76 bits per heavy atom. The molecule has 1 aliphatic carbocycles. The van der Waals surface area contributed by atoms with Crippen LogP contribution in [-0.2, 0) is 0 Å². The maximum Gasteiger partial charge on any atom is 0.271 e. The molecular formula is C26H31F2N7O2. The van der Waals surface area contributed by atoms with Crippen molar-refractivity contribution in [3.8, 4) is 5.75 Å². The summed E-state index contributed by atoms with van der Waals surface area (Å²) < 4.78 is 35.9. The number of aryl methyl sites for hydroxylation is 1. The molecule has 2 aliphatic heterocycles. The maximum absolute atomic E-state index is 15.2. The number of anilines is 2. The van der Waals surface area contributed by atoms with E-state index >= 15 is 4.39 Å². The molecule has 3 aromatic rings. The summed E-state index contributed by atoms with van der Waals surface area (Å²) in [5.74, 6) is -0.372. The highest BCUT2D eigenvalue weighted by Crippen LogP contribution is 2.47. The molecule has 1 spiro atoms. The first kappa shape index (κ1) is 23.9. The number of aliphatic hydroxyl groups is 1. The first-order chi connectivity index (χ1) is 17.7. The number of amidine groups is 1. The number of nitrogens with zero attached hydrogens (tertiary/aromatic N) is 3. The van der Waals surface area contributed by atoms with Gasteiger partial charge in [-0.1, -0.05) is 6.42 Å². The van der Waals surface area contributed by atoms with Gasteiger partial charge in [-0.3, -0.25) is 4.98 Å². The van der Waals surface area contributed by atoms with E-state index in [4.69, 9.17) is 15.5 Å². The molecule has 2 aromatic heterocycles. The number of halogens is 2. The summed E-state index contributed by atoms with van der Waals surface area (Å²) in [5, 5.41) is 16.2. The Labute approximate surface area is 213 Å². The smallest absolute Gasteiger partial charge is 0.271 e. The predicted molar refractivity (Wildman–Crippen MR) is 138 cm³/mol. The van der Waals surface area contributed by atoms with Gasteiger partial charge in [-0.15, -0.1) is 0 Å². The molecule has 9 nitrogen and oxygen atoms in total. The zero-order valence-corrected chi connectivity index (χ0v) is 21.0. The van der Waals surface area contributed by atoms with E-state index in [1.165, 1.54) is 6.20 Å². The number of nitrogens with one attached hydrogen (secondary N) is 3. The average Bonchev–Trinajstić information content (AvgIpc) is 3.41. The largest absolute Gasteiger partial charge is 0.449 e. The molecule has 0 amide bonds. The van der Waals surface area contributed by atoms with Crippen LogP contribution in [0, 0.1) is 24.0 Å². The molecule has 1 saturated heterocycles. The molecule has 6 N–H and O–H groups in total. The Morgan fingerprint density at radius 2 is 2.11 bits per heavy atom. The number of fused-ring (bicyclic) bond motifs is 3. The third-order valence-electron chi connectivity index (χ3n) is 7.99. The minimum absolute atomic E-state index is 0.0216. The van der Waals surface area contributed by atoms with Crippen molar-refractivity contribution < 1.29 is 18.6 Å². The number of aliphatic hydroxyl groups excluding tert-OH is 1. The molecule has 196 valence electrons. The summed E-state index contributed by atoms with van der Waals surface area (Å²) in [6, 6.07) is 3.04. The van der Waals surface area contributed by atoms with Crippen LogP contribution >= 0.6 is 0 Å². The third-order valence-corrected chi connectivity index (χ3v) is 7.99. The monoisotopic (exact) mass is 511 g/mol. The minimum atomic E-state index is -0.936. The lowest BCUT2D eigenvalue weighted by atomic mass is 9.75. The highest BCUT2D eigenvalue weighted by Gasteiger charge is 2.52. The Balaban J connectivity index is 1.41. The number of likely N-dealkylation sites (tertiary alicyclic amines) is 1. The number of rotatable bonds is 4. The fraction of sp³-hybridized carbons (Fsp3) is 0.462. The highest BCUT2D eigenvalue weighted by atomic mass is 19.2. The Kier molecular flexibility index (Phi) is 5.53. The second-order valence-corrected chi connectivity index (χ2v) is 10.4. The number of ether oxygens (including phenoxy) is 1. The summed E-state index contributed by atoms with van der Waals surface area (Å²) in [6.45, 7) is 4.91. The predicted octanol–water partition coefficient (Wildman–Crippen LogP) is 3.59. The second kappa shape index (κ2) is 8.56. The molecule has 6 rings (SSSR count). The molecule has 11 heteroatoms.